The molecule has 1 aromatic rings. The highest BCUT2D eigenvalue weighted by Crippen LogP contribution is 2.39. The fourth-order valence-electron chi connectivity index (χ4n) is 3.98. The van der Waals surface area contributed by atoms with Crippen LogP contribution in [-0.2, 0) is 31.0 Å². The quantitative estimate of drug-likeness (QED) is 0.725. The summed E-state index contributed by atoms with van der Waals surface area (Å²) in [5.41, 5.74) is 2.35. The molecule has 9 nitrogen and oxygen atoms in total. The van der Waals surface area contributed by atoms with Gasteiger partial charge in [0, 0.05) is 45.0 Å². The molecule has 4 rings (SSSR count). The van der Waals surface area contributed by atoms with Gasteiger partial charge in [-0.15, -0.1) is 0 Å². The first-order valence-corrected chi connectivity index (χ1v) is 10.0. The Morgan fingerprint density at radius 2 is 2.00 bits per heavy atom. The van der Waals surface area contributed by atoms with E-state index in [9.17, 15) is 13.2 Å². The molecule has 1 spiro atoms. The van der Waals surface area contributed by atoms with Crippen molar-refractivity contribution in [1.82, 2.24) is 14.9 Å². The summed E-state index contributed by atoms with van der Waals surface area (Å²) in [7, 11) is 1.76. The van der Waals surface area contributed by atoms with E-state index in [1.807, 2.05) is 6.20 Å². The van der Waals surface area contributed by atoms with Crippen LogP contribution in [0.15, 0.2) is 6.20 Å². The van der Waals surface area contributed by atoms with Gasteiger partial charge in [-0.1, -0.05) is 0 Å². The van der Waals surface area contributed by atoms with Gasteiger partial charge in [0.2, 0.25) is 5.95 Å². The summed E-state index contributed by atoms with van der Waals surface area (Å²) < 4.78 is 48.3. The van der Waals surface area contributed by atoms with Crippen LogP contribution in [0.25, 0.3) is 0 Å². The lowest BCUT2D eigenvalue weighted by molar-refractivity contribution is -0.192. The molecule has 0 radical (unpaired) electrons. The number of morpholine rings is 1. The second-order valence-corrected chi connectivity index (χ2v) is 7.74. The Morgan fingerprint density at radius 1 is 1.29 bits per heavy atom. The van der Waals surface area contributed by atoms with Crippen molar-refractivity contribution in [2.24, 2.45) is 0 Å². The summed E-state index contributed by atoms with van der Waals surface area (Å²) in [4.78, 5) is 23.2. The average molecular weight is 448 g/mol. The summed E-state index contributed by atoms with van der Waals surface area (Å²) in [6, 6.07) is 0. The van der Waals surface area contributed by atoms with Crippen LogP contribution in [0.2, 0.25) is 0 Å². The van der Waals surface area contributed by atoms with E-state index in [-0.39, 0.29) is 5.41 Å². The predicted molar refractivity (Wildman–Crippen MR) is 103 cm³/mol. The van der Waals surface area contributed by atoms with Crippen molar-refractivity contribution < 1.29 is 37.3 Å². The van der Waals surface area contributed by atoms with Crippen LogP contribution >= 0.6 is 0 Å². The van der Waals surface area contributed by atoms with Gasteiger partial charge < -0.3 is 24.2 Å². The fourth-order valence-corrected chi connectivity index (χ4v) is 3.98. The van der Waals surface area contributed by atoms with E-state index >= 15 is 0 Å². The smallest absolute Gasteiger partial charge is 0.475 e. The van der Waals surface area contributed by atoms with Gasteiger partial charge in [0.1, 0.15) is 0 Å². The van der Waals surface area contributed by atoms with Crippen LogP contribution < -0.4 is 4.90 Å². The van der Waals surface area contributed by atoms with E-state index in [4.69, 9.17) is 29.1 Å². The Kier molecular flexibility index (Phi) is 7.68. The third-order valence-electron chi connectivity index (χ3n) is 5.57. The van der Waals surface area contributed by atoms with E-state index in [0.29, 0.717) is 6.61 Å². The maximum Gasteiger partial charge on any atom is 0.490 e. The van der Waals surface area contributed by atoms with Gasteiger partial charge in [0.15, 0.2) is 0 Å². The molecule has 0 bridgehead atoms. The molecule has 3 aliphatic heterocycles. The number of carboxylic acid groups (broad SMARTS) is 1. The molecule has 3 aliphatic rings. The Bertz CT molecular complexity index is 761. The van der Waals surface area contributed by atoms with Gasteiger partial charge >= 0.3 is 12.1 Å². The molecule has 2 saturated heterocycles. The number of halogens is 3. The lowest BCUT2D eigenvalue weighted by Crippen LogP contribution is -2.42. The van der Waals surface area contributed by atoms with Gasteiger partial charge in [0.05, 0.1) is 44.1 Å². The summed E-state index contributed by atoms with van der Waals surface area (Å²) >= 11 is 0. The Labute approximate surface area is 178 Å². The molecule has 12 heteroatoms. The highest BCUT2D eigenvalue weighted by atomic mass is 19.4. The molecule has 0 saturated carbocycles. The second-order valence-electron chi connectivity index (χ2n) is 7.74. The van der Waals surface area contributed by atoms with Crippen molar-refractivity contribution >= 4 is 11.9 Å². The third-order valence-corrected chi connectivity index (χ3v) is 5.57. The normalized spacial score (nSPS) is 23.9. The summed E-state index contributed by atoms with van der Waals surface area (Å²) in [6.07, 6.45) is -2.03. The number of aromatic nitrogens is 2. The zero-order valence-electron chi connectivity index (χ0n) is 17.4. The van der Waals surface area contributed by atoms with E-state index in [0.717, 1.165) is 77.1 Å². The third kappa shape index (κ3) is 5.82. The standard InChI is InChI=1S/C17H26N4O3.C2HF3O2/c1-22-7-4-20-3-2-17(12-20)13-24-11-14-10-18-16(19-15(14)17)21-5-8-23-9-6-21;3-2(4,5)1(6)7/h10H,2-9,11-13H2,1H3;(H,6,7). The fraction of sp³-hybridized carbons (Fsp3) is 0.737. The van der Waals surface area contributed by atoms with Crippen LogP contribution in [0, 0.1) is 0 Å². The molecule has 0 aromatic carbocycles. The van der Waals surface area contributed by atoms with Gasteiger partial charge in [-0.3, -0.25) is 4.90 Å². The molecule has 31 heavy (non-hydrogen) atoms. The monoisotopic (exact) mass is 448 g/mol. The van der Waals surface area contributed by atoms with Gasteiger partial charge in [-0.05, 0) is 13.0 Å². The molecular formula is C19H27F3N4O5. The summed E-state index contributed by atoms with van der Waals surface area (Å²) in [5.74, 6) is -1.92. The number of likely N-dealkylation sites (tertiary alicyclic amines) is 1. The molecule has 0 amide bonds. The van der Waals surface area contributed by atoms with E-state index < -0.39 is 12.1 Å². The van der Waals surface area contributed by atoms with Crippen molar-refractivity contribution in [3.8, 4) is 0 Å². The number of carbonyl (C=O) groups is 1. The number of aliphatic carboxylic acids is 1. The minimum absolute atomic E-state index is 0.00526. The molecule has 1 atom stereocenters. The first kappa shape index (κ1) is 23.6. The maximum atomic E-state index is 10.6. The van der Waals surface area contributed by atoms with Crippen molar-refractivity contribution in [2.45, 2.75) is 24.6 Å². The molecule has 4 heterocycles. The number of hydrogen-bond acceptors (Lipinski definition) is 8. The molecule has 174 valence electrons. The number of hydrogen-bond donors (Lipinski definition) is 1. The molecule has 2 fully saturated rings. The van der Waals surface area contributed by atoms with E-state index in [2.05, 4.69) is 14.8 Å². The molecular weight excluding hydrogens is 421 g/mol. The first-order valence-electron chi connectivity index (χ1n) is 10.0. The summed E-state index contributed by atoms with van der Waals surface area (Å²) in [6.45, 7) is 8.40. The Hall–Kier alpha value is -2.02. The van der Waals surface area contributed by atoms with Crippen molar-refractivity contribution in [3.63, 3.8) is 0 Å². The maximum absolute atomic E-state index is 10.6. The Balaban J connectivity index is 0.000000339. The molecule has 1 N–H and O–H groups in total. The Morgan fingerprint density at radius 3 is 2.65 bits per heavy atom. The SMILES string of the molecule is COCCN1CCC2(COCc3cnc(N4CCOCC4)nc32)C1.O=C(O)C(F)(F)F. The number of carboxylic acids is 1. The zero-order valence-corrected chi connectivity index (χ0v) is 17.4. The number of methoxy groups -OCH3 is 1. The molecule has 0 aliphatic carbocycles. The molecule has 1 unspecified atom stereocenters. The molecule has 1 aromatic heterocycles. The highest BCUT2D eigenvalue weighted by Gasteiger charge is 2.45. The highest BCUT2D eigenvalue weighted by molar-refractivity contribution is 5.73. The van der Waals surface area contributed by atoms with Gasteiger partial charge in [-0.25, -0.2) is 14.8 Å². The van der Waals surface area contributed by atoms with Crippen LogP contribution in [0.3, 0.4) is 0 Å². The van der Waals surface area contributed by atoms with E-state index in [1.165, 1.54) is 5.69 Å². The first-order chi connectivity index (χ1) is 14.7. The minimum Gasteiger partial charge on any atom is -0.475 e. The van der Waals surface area contributed by atoms with Gasteiger partial charge in [-0.2, -0.15) is 13.2 Å². The topological polar surface area (TPSA) is 97.3 Å². The van der Waals surface area contributed by atoms with Crippen LogP contribution in [-0.4, -0.2) is 98.4 Å². The van der Waals surface area contributed by atoms with Crippen LogP contribution in [0.5, 0.6) is 0 Å². The lowest BCUT2D eigenvalue weighted by atomic mass is 9.80. The summed E-state index contributed by atoms with van der Waals surface area (Å²) in [5, 5.41) is 7.12. The zero-order chi connectivity index (χ0) is 22.5. The largest absolute Gasteiger partial charge is 0.490 e. The van der Waals surface area contributed by atoms with Crippen molar-refractivity contribution in [1.29, 1.82) is 0 Å². The van der Waals surface area contributed by atoms with Crippen LogP contribution in [0.4, 0.5) is 19.1 Å². The van der Waals surface area contributed by atoms with Crippen LogP contribution in [0.1, 0.15) is 17.7 Å². The van der Waals surface area contributed by atoms with Gasteiger partial charge in [0.25, 0.3) is 0 Å². The second kappa shape index (κ2) is 10.1. The number of anilines is 1. The number of alkyl halides is 3. The number of ether oxygens (including phenoxy) is 3. The lowest BCUT2D eigenvalue weighted by Gasteiger charge is -2.35. The number of nitrogens with zero attached hydrogens (tertiary/aromatic N) is 4. The van der Waals surface area contributed by atoms with E-state index in [1.54, 1.807) is 7.11 Å². The number of fused-ring (bicyclic) bond motifs is 2. The number of rotatable bonds is 4. The van der Waals surface area contributed by atoms with Crippen molar-refractivity contribution in [2.75, 3.05) is 71.2 Å². The van der Waals surface area contributed by atoms with Crippen molar-refractivity contribution in [3.05, 3.63) is 17.5 Å². The average Bonchev–Trinajstić information content (AvgIpc) is 3.16. The predicted octanol–water partition coefficient (Wildman–Crippen LogP) is 1.07. The minimum atomic E-state index is -5.08.